The van der Waals surface area contributed by atoms with E-state index in [0.717, 1.165) is 5.41 Å². The zero-order chi connectivity index (χ0) is 6.57. The highest BCUT2D eigenvalue weighted by molar-refractivity contribution is 7.82. The van der Waals surface area contributed by atoms with Crippen molar-refractivity contribution >= 4 is 11.1 Å². The van der Waals surface area contributed by atoms with Crippen LogP contribution in [0.5, 0.6) is 0 Å². The summed E-state index contributed by atoms with van der Waals surface area (Å²) in [5, 5.41) is 1.03. The molecule has 2 N–H and O–H groups in total. The third-order valence-corrected chi connectivity index (χ3v) is 0.873. The Hall–Kier alpha value is -0.190. The molecule has 0 saturated heterocycles. The molecule has 0 spiro atoms. The van der Waals surface area contributed by atoms with Crippen LogP contribution in [-0.2, 0) is 11.1 Å². The first kappa shape index (κ1) is 7.81. The summed E-state index contributed by atoms with van der Waals surface area (Å²) < 4.78 is 19.5. The molecule has 8 heavy (non-hydrogen) atoms. The monoisotopic (exact) mass is 134 g/mol. The van der Waals surface area contributed by atoms with E-state index in [-0.39, 0.29) is 6.04 Å². The van der Waals surface area contributed by atoms with E-state index in [0.29, 0.717) is 0 Å². The summed E-state index contributed by atoms with van der Waals surface area (Å²) in [5.74, 6) is 0. The SMILES string of the molecule is CC(N)/C=C/S(=O)[O-]. The first-order chi connectivity index (χ1) is 3.63. The van der Waals surface area contributed by atoms with Crippen LogP contribution in [0.25, 0.3) is 0 Å². The summed E-state index contributed by atoms with van der Waals surface area (Å²) in [7, 11) is 0. The number of hydrogen-bond donors (Lipinski definition) is 1. The van der Waals surface area contributed by atoms with Crippen LogP contribution in [0.15, 0.2) is 11.5 Å². The van der Waals surface area contributed by atoms with Crippen LogP contribution in [0, 0.1) is 0 Å². The van der Waals surface area contributed by atoms with E-state index in [1.807, 2.05) is 0 Å². The summed E-state index contributed by atoms with van der Waals surface area (Å²) >= 11 is -2.10. The van der Waals surface area contributed by atoms with Gasteiger partial charge in [0.1, 0.15) is 0 Å². The van der Waals surface area contributed by atoms with Gasteiger partial charge in [-0.05, 0) is 23.4 Å². The number of nitrogens with two attached hydrogens (primary N) is 1. The summed E-state index contributed by atoms with van der Waals surface area (Å²) in [4.78, 5) is 0. The summed E-state index contributed by atoms with van der Waals surface area (Å²) in [6, 6.07) is -0.187. The molecule has 2 atom stereocenters. The fourth-order valence-corrected chi connectivity index (χ4v) is 0.564. The second-order valence-corrected chi connectivity index (χ2v) is 2.24. The molecule has 0 aromatic carbocycles. The molecule has 0 bridgehead atoms. The van der Waals surface area contributed by atoms with Gasteiger partial charge < -0.3 is 10.3 Å². The lowest BCUT2D eigenvalue weighted by molar-refractivity contribution is 0.546. The minimum atomic E-state index is -2.10. The minimum absolute atomic E-state index is 0.187. The zero-order valence-electron chi connectivity index (χ0n) is 4.53. The van der Waals surface area contributed by atoms with Gasteiger partial charge >= 0.3 is 0 Å². The molecule has 0 aliphatic heterocycles. The lowest BCUT2D eigenvalue weighted by Gasteiger charge is -1.96. The molecule has 4 heteroatoms. The van der Waals surface area contributed by atoms with Gasteiger partial charge in [0.25, 0.3) is 0 Å². The molecular formula is C4H8NO2S-. The zero-order valence-corrected chi connectivity index (χ0v) is 5.35. The van der Waals surface area contributed by atoms with Crippen molar-refractivity contribution in [2.75, 3.05) is 0 Å². The van der Waals surface area contributed by atoms with Crippen molar-refractivity contribution in [3.05, 3.63) is 11.5 Å². The van der Waals surface area contributed by atoms with Crippen molar-refractivity contribution in [2.24, 2.45) is 5.73 Å². The second kappa shape index (κ2) is 3.77. The van der Waals surface area contributed by atoms with E-state index in [9.17, 15) is 8.76 Å². The van der Waals surface area contributed by atoms with Gasteiger partial charge in [-0.2, -0.15) is 0 Å². The second-order valence-electron chi connectivity index (χ2n) is 1.45. The average molecular weight is 134 g/mol. The van der Waals surface area contributed by atoms with Crippen LogP contribution in [0.3, 0.4) is 0 Å². The molecule has 48 valence electrons. The smallest absolute Gasteiger partial charge is 0.0203 e. The molecular weight excluding hydrogens is 126 g/mol. The van der Waals surface area contributed by atoms with E-state index in [1.54, 1.807) is 6.92 Å². The van der Waals surface area contributed by atoms with Gasteiger partial charge in [0.05, 0.1) is 0 Å². The van der Waals surface area contributed by atoms with E-state index in [4.69, 9.17) is 5.73 Å². The van der Waals surface area contributed by atoms with Crippen molar-refractivity contribution in [3.8, 4) is 0 Å². The van der Waals surface area contributed by atoms with Crippen LogP contribution < -0.4 is 5.73 Å². The Bertz CT molecular complexity index is 111. The Morgan fingerprint density at radius 2 is 2.38 bits per heavy atom. The fraction of sp³-hybridized carbons (Fsp3) is 0.500. The maximum Gasteiger partial charge on any atom is 0.0203 e. The van der Waals surface area contributed by atoms with Gasteiger partial charge in [-0.25, -0.2) is 0 Å². The summed E-state index contributed by atoms with van der Waals surface area (Å²) in [6.45, 7) is 1.70. The van der Waals surface area contributed by atoms with Crippen LogP contribution in [0.1, 0.15) is 6.92 Å². The number of rotatable bonds is 2. The summed E-state index contributed by atoms with van der Waals surface area (Å²) in [5.41, 5.74) is 5.18. The van der Waals surface area contributed by atoms with Crippen molar-refractivity contribution in [3.63, 3.8) is 0 Å². The topological polar surface area (TPSA) is 66.2 Å². The maximum atomic E-state index is 9.76. The molecule has 0 saturated carbocycles. The Labute approximate surface area is 50.9 Å². The predicted molar refractivity (Wildman–Crippen MR) is 31.7 cm³/mol. The Morgan fingerprint density at radius 1 is 1.88 bits per heavy atom. The third-order valence-electron chi connectivity index (χ3n) is 0.493. The Kier molecular flexibility index (Phi) is 3.68. The van der Waals surface area contributed by atoms with Gasteiger partial charge in [-0.3, -0.25) is 4.21 Å². The van der Waals surface area contributed by atoms with Gasteiger partial charge in [-0.1, -0.05) is 6.08 Å². The highest BCUT2D eigenvalue weighted by atomic mass is 32.2. The minimum Gasteiger partial charge on any atom is -0.769 e. The molecule has 0 aromatic rings. The molecule has 0 heterocycles. The van der Waals surface area contributed by atoms with E-state index in [1.165, 1.54) is 6.08 Å². The highest BCUT2D eigenvalue weighted by Crippen LogP contribution is 1.80. The standard InChI is InChI=1S/C4H9NO2S/c1-4(5)2-3-8(6)7/h2-4H,5H2,1H3,(H,6,7)/p-1/b3-2+. The van der Waals surface area contributed by atoms with Crippen molar-refractivity contribution in [2.45, 2.75) is 13.0 Å². The van der Waals surface area contributed by atoms with Crippen LogP contribution >= 0.6 is 0 Å². The predicted octanol–water partition coefficient (Wildman–Crippen LogP) is -0.274. The van der Waals surface area contributed by atoms with E-state index in [2.05, 4.69) is 0 Å². The molecule has 0 aromatic heterocycles. The van der Waals surface area contributed by atoms with Crippen LogP contribution in [0.2, 0.25) is 0 Å². The van der Waals surface area contributed by atoms with Crippen molar-refractivity contribution in [1.82, 2.24) is 0 Å². The van der Waals surface area contributed by atoms with Crippen molar-refractivity contribution in [1.29, 1.82) is 0 Å². The highest BCUT2D eigenvalue weighted by Gasteiger charge is 1.79. The van der Waals surface area contributed by atoms with Crippen LogP contribution in [-0.4, -0.2) is 14.8 Å². The lowest BCUT2D eigenvalue weighted by Crippen LogP contribution is -2.10. The molecule has 0 aliphatic carbocycles. The third kappa shape index (κ3) is 5.81. The molecule has 0 amide bonds. The Balaban J connectivity index is 3.50. The maximum absolute atomic E-state index is 9.76. The van der Waals surface area contributed by atoms with Gasteiger partial charge in [0.2, 0.25) is 0 Å². The normalized spacial score (nSPS) is 18.9. The quantitative estimate of drug-likeness (QED) is 0.528. The molecule has 2 unspecified atom stereocenters. The van der Waals surface area contributed by atoms with E-state index >= 15 is 0 Å². The first-order valence-electron chi connectivity index (χ1n) is 2.15. The molecule has 3 nitrogen and oxygen atoms in total. The van der Waals surface area contributed by atoms with Gasteiger partial charge in [0.15, 0.2) is 0 Å². The number of hydrogen-bond acceptors (Lipinski definition) is 3. The van der Waals surface area contributed by atoms with Crippen molar-refractivity contribution < 1.29 is 8.76 Å². The molecule has 0 aliphatic rings. The Morgan fingerprint density at radius 3 is 2.50 bits per heavy atom. The first-order valence-corrected chi connectivity index (χ1v) is 3.28. The largest absolute Gasteiger partial charge is 0.769 e. The van der Waals surface area contributed by atoms with Gasteiger partial charge in [-0.15, -0.1) is 0 Å². The van der Waals surface area contributed by atoms with Crippen LogP contribution in [0.4, 0.5) is 0 Å². The fourth-order valence-electron chi connectivity index (χ4n) is 0.188. The molecule has 0 fully saturated rings. The lowest BCUT2D eigenvalue weighted by atomic mass is 10.4. The van der Waals surface area contributed by atoms with Gasteiger partial charge in [0, 0.05) is 6.04 Å². The molecule has 0 rings (SSSR count). The van der Waals surface area contributed by atoms with E-state index < -0.39 is 11.1 Å². The summed E-state index contributed by atoms with van der Waals surface area (Å²) in [6.07, 6.45) is 1.41. The average Bonchev–Trinajstić information content (AvgIpc) is 1.61. The molecule has 0 radical (unpaired) electrons.